The van der Waals surface area contributed by atoms with Crippen molar-refractivity contribution in [1.29, 1.82) is 0 Å². The Morgan fingerprint density at radius 1 is 1.10 bits per heavy atom. The molecule has 0 saturated carbocycles. The van der Waals surface area contributed by atoms with E-state index >= 15 is 0 Å². The minimum atomic E-state index is -0.689. The average Bonchev–Trinajstić information content (AvgIpc) is 3.21. The lowest BCUT2D eigenvalue weighted by Crippen LogP contribution is -2.36. The number of aromatic nitrogens is 4. The number of carbonyl (C=O) groups excluding carboxylic acids is 2. The molecule has 8 nitrogen and oxygen atoms in total. The Balaban J connectivity index is 1.57. The van der Waals surface area contributed by atoms with Gasteiger partial charge in [0.1, 0.15) is 0 Å². The van der Waals surface area contributed by atoms with Crippen molar-refractivity contribution in [2.45, 2.75) is 32.7 Å². The molecule has 1 atom stereocenters. The first-order valence-electron chi connectivity index (χ1n) is 10.1. The van der Waals surface area contributed by atoms with Gasteiger partial charge in [-0.05, 0) is 54.3 Å². The van der Waals surface area contributed by atoms with Crippen molar-refractivity contribution in [2.75, 3.05) is 6.61 Å². The highest BCUT2D eigenvalue weighted by Crippen LogP contribution is 2.13. The number of amides is 1. The number of ether oxygens (including phenoxy) is 1. The van der Waals surface area contributed by atoms with E-state index in [2.05, 4.69) is 33.0 Å². The van der Waals surface area contributed by atoms with Crippen LogP contribution < -0.4 is 5.32 Å². The summed E-state index contributed by atoms with van der Waals surface area (Å²) in [6.07, 6.45) is 3.25. The van der Waals surface area contributed by atoms with Gasteiger partial charge in [-0.3, -0.25) is 4.79 Å². The molecule has 8 heteroatoms. The Labute approximate surface area is 180 Å². The van der Waals surface area contributed by atoms with Gasteiger partial charge >= 0.3 is 5.97 Å². The summed E-state index contributed by atoms with van der Waals surface area (Å²) in [4.78, 5) is 25.0. The van der Waals surface area contributed by atoms with Gasteiger partial charge in [0.15, 0.2) is 18.1 Å². The summed E-state index contributed by atoms with van der Waals surface area (Å²) in [7, 11) is 0. The Morgan fingerprint density at radius 2 is 1.77 bits per heavy atom. The normalized spacial score (nSPS) is 12.3. The van der Waals surface area contributed by atoms with Gasteiger partial charge in [-0.2, -0.15) is 4.68 Å². The summed E-state index contributed by atoms with van der Waals surface area (Å²) in [6.45, 7) is 3.21. The maximum absolute atomic E-state index is 12.7. The zero-order valence-electron chi connectivity index (χ0n) is 17.6. The number of hydrogen-bond acceptors (Lipinski definition) is 6. The van der Waals surface area contributed by atoms with E-state index in [9.17, 15) is 9.59 Å². The monoisotopic (exact) mass is 419 g/mol. The van der Waals surface area contributed by atoms with E-state index in [0.717, 1.165) is 18.4 Å². The molecule has 1 aromatic heterocycles. The fraction of sp³-hybridized carbons (Fsp3) is 0.261. The van der Waals surface area contributed by atoms with Gasteiger partial charge in [0.25, 0.3) is 5.91 Å². The summed E-state index contributed by atoms with van der Waals surface area (Å²) in [6, 6.07) is 19.3. The third-order valence-corrected chi connectivity index (χ3v) is 4.62. The van der Waals surface area contributed by atoms with E-state index in [0.29, 0.717) is 5.82 Å². The second-order valence-corrected chi connectivity index (χ2v) is 7.15. The van der Waals surface area contributed by atoms with Crippen LogP contribution >= 0.6 is 0 Å². The quantitative estimate of drug-likeness (QED) is 0.423. The van der Waals surface area contributed by atoms with Gasteiger partial charge in [0, 0.05) is 6.04 Å². The van der Waals surface area contributed by atoms with E-state index in [-0.39, 0.29) is 24.3 Å². The molecule has 0 aliphatic rings. The molecule has 1 amide bonds. The smallest absolute Gasteiger partial charge is 0.357 e. The number of tetrazole rings is 1. The molecule has 3 aromatic rings. The highest BCUT2D eigenvalue weighted by molar-refractivity contribution is 6.15. The van der Waals surface area contributed by atoms with Crippen molar-refractivity contribution in [1.82, 2.24) is 25.5 Å². The summed E-state index contributed by atoms with van der Waals surface area (Å²) in [5, 5.41) is 14.1. The van der Waals surface area contributed by atoms with Gasteiger partial charge < -0.3 is 10.1 Å². The number of esters is 1. The molecule has 1 N–H and O–H groups in total. The maximum atomic E-state index is 12.7. The number of rotatable bonds is 9. The van der Waals surface area contributed by atoms with Gasteiger partial charge in [0.2, 0.25) is 0 Å². The van der Waals surface area contributed by atoms with Crippen LogP contribution in [-0.4, -0.2) is 44.7 Å². The predicted molar refractivity (Wildman–Crippen MR) is 116 cm³/mol. The molecule has 0 unspecified atom stereocenters. The third kappa shape index (κ3) is 6.60. The molecule has 0 radical (unpaired) electrons. The topological polar surface area (TPSA) is 99.0 Å². The van der Waals surface area contributed by atoms with Crippen molar-refractivity contribution < 1.29 is 14.3 Å². The average molecular weight is 419 g/mol. The first kappa shape index (κ1) is 21.9. The molecule has 0 saturated heterocycles. The number of nitrogens with one attached hydrogen (secondary N) is 1. The Hall–Kier alpha value is -3.81. The molecule has 1 heterocycles. The van der Waals surface area contributed by atoms with Crippen LogP contribution in [0.2, 0.25) is 0 Å². The Bertz CT molecular complexity index is 1030. The zero-order valence-corrected chi connectivity index (χ0v) is 17.6. The standard InChI is InChI=1S/C23H25N5O3/c1-17(13-14-19-9-5-3-6-10-19)24-22(29)16-31-23(30)21(28-18(2)25-26-27-28)15-20-11-7-4-8-12-20/h3-12,15,17H,13-14,16H2,1-2H3,(H,24,29)/b21-15-/t17-/m0/s1. The van der Waals surface area contributed by atoms with Crippen LogP contribution in [0.25, 0.3) is 11.8 Å². The van der Waals surface area contributed by atoms with Crippen LogP contribution in [-0.2, 0) is 20.7 Å². The number of carbonyl (C=O) groups is 2. The van der Waals surface area contributed by atoms with Crippen molar-refractivity contribution in [3.05, 3.63) is 77.6 Å². The number of nitrogens with zero attached hydrogens (tertiary/aromatic N) is 4. The molecule has 3 rings (SSSR count). The predicted octanol–water partition coefficient (Wildman–Crippen LogP) is 2.66. The van der Waals surface area contributed by atoms with Crippen LogP contribution in [0.5, 0.6) is 0 Å². The number of hydrogen-bond donors (Lipinski definition) is 1. The first-order chi connectivity index (χ1) is 15.0. The van der Waals surface area contributed by atoms with Crippen molar-refractivity contribution in [3.8, 4) is 0 Å². The van der Waals surface area contributed by atoms with Crippen LogP contribution in [0, 0.1) is 6.92 Å². The maximum Gasteiger partial charge on any atom is 0.357 e. The summed E-state index contributed by atoms with van der Waals surface area (Å²) in [5.41, 5.74) is 2.12. The molecular formula is C23H25N5O3. The summed E-state index contributed by atoms with van der Waals surface area (Å²) in [5.74, 6) is -0.620. The minimum absolute atomic E-state index is 0.0486. The largest absolute Gasteiger partial charge is 0.451 e. The summed E-state index contributed by atoms with van der Waals surface area (Å²) >= 11 is 0. The molecule has 0 bridgehead atoms. The first-order valence-corrected chi connectivity index (χ1v) is 10.1. The highest BCUT2D eigenvalue weighted by atomic mass is 16.5. The van der Waals surface area contributed by atoms with E-state index in [1.54, 1.807) is 13.0 Å². The highest BCUT2D eigenvalue weighted by Gasteiger charge is 2.19. The van der Waals surface area contributed by atoms with Gasteiger partial charge in [-0.25, -0.2) is 4.79 Å². The van der Waals surface area contributed by atoms with Crippen LogP contribution in [0.3, 0.4) is 0 Å². The molecule has 0 fully saturated rings. The van der Waals surface area contributed by atoms with Gasteiger partial charge in [-0.15, -0.1) is 5.10 Å². The van der Waals surface area contributed by atoms with Gasteiger partial charge in [0.05, 0.1) is 0 Å². The van der Waals surface area contributed by atoms with Crippen molar-refractivity contribution >= 4 is 23.6 Å². The summed E-state index contributed by atoms with van der Waals surface area (Å²) < 4.78 is 6.53. The second kappa shape index (κ2) is 10.8. The van der Waals surface area contributed by atoms with Crippen molar-refractivity contribution in [2.24, 2.45) is 0 Å². The molecule has 160 valence electrons. The zero-order chi connectivity index (χ0) is 22.1. The van der Waals surface area contributed by atoms with E-state index in [4.69, 9.17) is 4.74 Å². The lowest BCUT2D eigenvalue weighted by molar-refractivity contribution is -0.143. The van der Waals surface area contributed by atoms with Crippen LogP contribution in [0.15, 0.2) is 60.7 Å². The second-order valence-electron chi connectivity index (χ2n) is 7.15. The lowest BCUT2D eigenvalue weighted by Gasteiger charge is -2.14. The molecule has 0 aliphatic carbocycles. The van der Waals surface area contributed by atoms with Crippen molar-refractivity contribution in [3.63, 3.8) is 0 Å². The number of benzene rings is 2. The Morgan fingerprint density at radius 3 is 2.42 bits per heavy atom. The fourth-order valence-electron chi connectivity index (χ4n) is 2.99. The molecule has 0 spiro atoms. The minimum Gasteiger partial charge on any atom is -0.451 e. The van der Waals surface area contributed by atoms with E-state index in [1.807, 2.05) is 55.5 Å². The third-order valence-electron chi connectivity index (χ3n) is 4.62. The number of aryl methyl sites for hydroxylation is 2. The van der Waals surface area contributed by atoms with E-state index < -0.39 is 5.97 Å². The van der Waals surface area contributed by atoms with Crippen LogP contribution in [0.4, 0.5) is 0 Å². The Kier molecular flexibility index (Phi) is 7.64. The van der Waals surface area contributed by atoms with E-state index in [1.165, 1.54) is 10.2 Å². The molecule has 0 aliphatic heterocycles. The molecular weight excluding hydrogens is 394 g/mol. The molecule has 2 aromatic carbocycles. The van der Waals surface area contributed by atoms with Gasteiger partial charge in [-0.1, -0.05) is 60.7 Å². The van der Waals surface area contributed by atoms with Crippen LogP contribution in [0.1, 0.15) is 30.3 Å². The fourth-order valence-corrected chi connectivity index (χ4v) is 2.99. The lowest BCUT2D eigenvalue weighted by atomic mass is 10.1. The molecule has 31 heavy (non-hydrogen) atoms. The SMILES string of the molecule is Cc1nnnn1/C(=C\c1ccccc1)C(=O)OCC(=O)N[C@@H](C)CCc1ccccc1.